The first-order chi connectivity index (χ1) is 15.4. The fourth-order valence-corrected chi connectivity index (χ4v) is 3.58. The van der Waals surface area contributed by atoms with Crippen LogP contribution in [-0.4, -0.2) is 26.0 Å². The molecule has 3 aromatic rings. The van der Waals surface area contributed by atoms with Gasteiger partial charge in [-0.2, -0.15) is 0 Å². The van der Waals surface area contributed by atoms with Crippen LogP contribution in [0.15, 0.2) is 66.7 Å². The number of carbonyl (C=O) groups excluding carboxylic acids is 2. The number of halogens is 2. The molecule has 0 radical (unpaired) electrons. The predicted molar refractivity (Wildman–Crippen MR) is 126 cm³/mol. The monoisotopic (exact) mass is 472 g/mol. The molecule has 6 nitrogen and oxygen atoms in total. The Morgan fingerprint density at radius 3 is 2.16 bits per heavy atom. The lowest BCUT2D eigenvalue weighted by Crippen LogP contribution is -2.31. The van der Waals surface area contributed by atoms with Crippen LogP contribution >= 0.6 is 23.2 Å². The van der Waals surface area contributed by atoms with Crippen LogP contribution in [0, 0.1) is 0 Å². The van der Waals surface area contributed by atoms with Gasteiger partial charge in [0.1, 0.15) is 0 Å². The van der Waals surface area contributed by atoms with Crippen molar-refractivity contribution in [3.05, 3.63) is 87.9 Å². The quantitative estimate of drug-likeness (QED) is 0.452. The van der Waals surface area contributed by atoms with E-state index in [2.05, 4.69) is 10.6 Å². The Morgan fingerprint density at radius 1 is 0.875 bits per heavy atom. The van der Waals surface area contributed by atoms with Crippen molar-refractivity contribution in [1.82, 2.24) is 5.32 Å². The lowest BCUT2D eigenvalue weighted by atomic mass is 10.0. The Balaban J connectivity index is 1.80. The van der Waals surface area contributed by atoms with Crippen LogP contribution in [0.2, 0.25) is 10.0 Å². The number of benzene rings is 3. The summed E-state index contributed by atoms with van der Waals surface area (Å²) in [5, 5.41) is 6.31. The van der Waals surface area contributed by atoms with E-state index in [9.17, 15) is 9.59 Å². The molecule has 0 aliphatic heterocycles. The first kappa shape index (κ1) is 23.4. The topological polar surface area (TPSA) is 76.7 Å². The fourth-order valence-electron chi connectivity index (χ4n) is 3.16. The first-order valence-electron chi connectivity index (χ1n) is 9.74. The van der Waals surface area contributed by atoms with E-state index in [1.54, 1.807) is 36.4 Å². The first-order valence-corrected chi connectivity index (χ1v) is 10.5. The minimum atomic E-state index is -0.584. The average Bonchev–Trinajstić information content (AvgIpc) is 2.80. The van der Waals surface area contributed by atoms with Crippen molar-refractivity contribution < 1.29 is 19.1 Å². The van der Waals surface area contributed by atoms with Gasteiger partial charge in [-0.05, 0) is 17.7 Å². The molecule has 0 aliphatic carbocycles. The Labute approximate surface area is 196 Å². The van der Waals surface area contributed by atoms with Crippen molar-refractivity contribution in [1.29, 1.82) is 0 Å². The van der Waals surface area contributed by atoms with Gasteiger partial charge < -0.3 is 20.1 Å². The highest BCUT2D eigenvalue weighted by molar-refractivity contribution is 6.34. The highest BCUT2D eigenvalue weighted by Gasteiger charge is 2.21. The van der Waals surface area contributed by atoms with Gasteiger partial charge in [0.05, 0.1) is 48.0 Å². The number of rotatable bonds is 8. The maximum atomic E-state index is 12.9. The number of carbonyl (C=O) groups is 2. The standard InChI is InChI=1S/C24H22Cl2N2O4/c1-31-21-12-18(26)20(13-22(21)32-2)27-23(29)14-19(15-8-4-3-5-9-15)28-24(30)16-10-6-7-11-17(16)25/h3-13,19H,14H2,1-2H3,(H,27,29)(H,28,30). The number of anilines is 1. The lowest BCUT2D eigenvalue weighted by Gasteiger charge is -2.20. The second kappa shape index (κ2) is 10.9. The average molecular weight is 473 g/mol. The molecule has 1 atom stereocenters. The molecular weight excluding hydrogens is 451 g/mol. The van der Waals surface area contributed by atoms with E-state index in [4.69, 9.17) is 32.7 Å². The molecule has 32 heavy (non-hydrogen) atoms. The molecule has 0 saturated carbocycles. The summed E-state index contributed by atoms with van der Waals surface area (Å²) in [6, 6.07) is 18.5. The van der Waals surface area contributed by atoms with Gasteiger partial charge in [0.25, 0.3) is 5.91 Å². The third kappa shape index (κ3) is 5.72. The molecule has 166 valence electrons. The van der Waals surface area contributed by atoms with E-state index in [0.29, 0.717) is 32.8 Å². The van der Waals surface area contributed by atoms with Crippen LogP contribution < -0.4 is 20.1 Å². The molecule has 0 aliphatic rings. The van der Waals surface area contributed by atoms with Crippen LogP contribution in [-0.2, 0) is 4.79 Å². The highest BCUT2D eigenvalue weighted by atomic mass is 35.5. The third-order valence-corrected chi connectivity index (χ3v) is 5.40. The van der Waals surface area contributed by atoms with Crippen LogP contribution in [0.3, 0.4) is 0 Å². The van der Waals surface area contributed by atoms with Gasteiger partial charge in [-0.25, -0.2) is 0 Å². The van der Waals surface area contributed by atoms with E-state index >= 15 is 0 Å². The molecule has 3 rings (SSSR count). The number of amides is 2. The summed E-state index contributed by atoms with van der Waals surface area (Å²) in [7, 11) is 2.99. The van der Waals surface area contributed by atoms with E-state index in [-0.39, 0.29) is 18.2 Å². The fraction of sp³-hybridized carbons (Fsp3) is 0.167. The van der Waals surface area contributed by atoms with E-state index in [1.165, 1.54) is 14.2 Å². The number of methoxy groups -OCH3 is 2. The van der Waals surface area contributed by atoms with Gasteiger partial charge in [-0.15, -0.1) is 0 Å². The summed E-state index contributed by atoms with van der Waals surface area (Å²) in [5.74, 6) is 0.164. The van der Waals surface area contributed by atoms with Gasteiger partial charge >= 0.3 is 0 Å². The van der Waals surface area contributed by atoms with Crippen LogP contribution in [0.25, 0.3) is 0 Å². The SMILES string of the molecule is COc1cc(Cl)c(NC(=O)CC(NC(=O)c2ccccc2Cl)c2ccccc2)cc1OC. The van der Waals surface area contributed by atoms with Crippen LogP contribution in [0.5, 0.6) is 11.5 Å². The second-order valence-corrected chi connectivity index (χ2v) is 7.67. The zero-order chi connectivity index (χ0) is 23.1. The number of ether oxygens (including phenoxy) is 2. The van der Waals surface area contributed by atoms with E-state index < -0.39 is 6.04 Å². The molecule has 3 aromatic carbocycles. The zero-order valence-electron chi connectivity index (χ0n) is 17.5. The molecule has 0 aromatic heterocycles. The smallest absolute Gasteiger partial charge is 0.253 e. The highest BCUT2D eigenvalue weighted by Crippen LogP contribution is 2.36. The Morgan fingerprint density at radius 2 is 1.50 bits per heavy atom. The van der Waals surface area contributed by atoms with Gasteiger partial charge in [-0.1, -0.05) is 65.7 Å². The number of nitrogens with one attached hydrogen (secondary N) is 2. The number of hydrogen-bond acceptors (Lipinski definition) is 4. The third-order valence-electron chi connectivity index (χ3n) is 4.76. The van der Waals surface area contributed by atoms with Crippen molar-refractivity contribution in [2.75, 3.05) is 19.5 Å². The summed E-state index contributed by atoms with van der Waals surface area (Å²) >= 11 is 12.4. The summed E-state index contributed by atoms with van der Waals surface area (Å²) in [6.45, 7) is 0. The molecule has 0 fully saturated rings. The van der Waals surface area contributed by atoms with Crippen LogP contribution in [0.1, 0.15) is 28.4 Å². The normalized spacial score (nSPS) is 11.4. The Hall–Kier alpha value is -3.22. The summed E-state index contributed by atoms with van der Waals surface area (Å²) in [5.41, 5.74) is 1.48. The minimum Gasteiger partial charge on any atom is -0.493 e. The minimum absolute atomic E-state index is 0.0229. The largest absolute Gasteiger partial charge is 0.493 e. The van der Waals surface area contributed by atoms with Crippen LogP contribution in [0.4, 0.5) is 5.69 Å². The summed E-state index contributed by atoms with van der Waals surface area (Å²) < 4.78 is 10.5. The van der Waals surface area contributed by atoms with Gasteiger partial charge in [-0.3, -0.25) is 9.59 Å². The molecule has 2 N–H and O–H groups in total. The maximum Gasteiger partial charge on any atom is 0.253 e. The van der Waals surface area contributed by atoms with Gasteiger partial charge in [0.15, 0.2) is 11.5 Å². The van der Waals surface area contributed by atoms with Gasteiger partial charge in [0, 0.05) is 12.1 Å². The predicted octanol–water partition coefficient (Wildman–Crippen LogP) is 5.51. The molecule has 0 bridgehead atoms. The molecule has 0 heterocycles. The lowest BCUT2D eigenvalue weighted by molar-refractivity contribution is -0.116. The maximum absolute atomic E-state index is 12.9. The molecule has 1 unspecified atom stereocenters. The van der Waals surface area contributed by atoms with Crippen molar-refractivity contribution in [2.45, 2.75) is 12.5 Å². The van der Waals surface area contributed by atoms with Crippen molar-refractivity contribution in [3.63, 3.8) is 0 Å². The second-order valence-electron chi connectivity index (χ2n) is 6.86. The molecule has 0 saturated heterocycles. The van der Waals surface area contributed by atoms with E-state index in [0.717, 1.165) is 5.56 Å². The molecule has 8 heteroatoms. The van der Waals surface area contributed by atoms with E-state index in [1.807, 2.05) is 30.3 Å². The molecule has 0 spiro atoms. The Kier molecular flexibility index (Phi) is 7.98. The van der Waals surface area contributed by atoms with Crippen molar-refractivity contribution in [2.24, 2.45) is 0 Å². The Bertz CT molecular complexity index is 1110. The summed E-state index contributed by atoms with van der Waals surface area (Å²) in [4.78, 5) is 25.7. The molecular formula is C24H22Cl2N2O4. The zero-order valence-corrected chi connectivity index (χ0v) is 19.0. The van der Waals surface area contributed by atoms with Gasteiger partial charge in [0.2, 0.25) is 5.91 Å². The number of hydrogen-bond donors (Lipinski definition) is 2. The summed E-state index contributed by atoms with van der Waals surface area (Å²) in [6.07, 6.45) is -0.0229. The molecule has 2 amide bonds. The van der Waals surface area contributed by atoms with Crippen molar-refractivity contribution >= 4 is 40.7 Å². The van der Waals surface area contributed by atoms with Crippen molar-refractivity contribution in [3.8, 4) is 11.5 Å².